The van der Waals surface area contributed by atoms with Gasteiger partial charge in [-0.15, -0.1) is 25.7 Å². The average molecular weight is 292 g/mol. The van der Waals surface area contributed by atoms with Gasteiger partial charge in [-0.1, -0.05) is 21.6 Å². The largest absolute Gasteiger partial charge is 0.480 e. The summed E-state index contributed by atoms with van der Waals surface area (Å²) in [5.41, 5.74) is 10.4. The Morgan fingerprint density at radius 2 is 1.11 bits per heavy atom. The van der Waals surface area contributed by atoms with Gasteiger partial charge in [0.05, 0.1) is 0 Å². The second-order valence-electron chi connectivity index (χ2n) is 2.46. The van der Waals surface area contributed by atoms with Crippen molar-refractivity contribution in [3.05, 3.63) is 0 Å². The van der Waals surface area contributed by atoms with E-state index in [1.165, 1.54) is 21.6 Å². The maximum Gasteiger partial charge on any atom is 0.321 e. The lowest BCUT2D eigenvalue weighted by Crippen LogP contribution is -2.33. The Hall–Kier alpha value is -1.32. The highest BCUT2D eigenvalue weighted by Gasteiger charge is 2.14. The zero-order valence-electron chi connectivity index (χ0n) is 9.56. The molecule has 18 heavy (non-hydrogen) atoms. The molecule has 0 aliphatic rings. The summed E-state index contributed by atoms with van der Waals surface area (Å²) in [7, 11) is 2.41. The number of aliphatic carboxylic acids is 2. The predicted molar refractivity (Wildman–Crippen MR) is 75.9 cm³/mol. The monoisotopic (exact) mass is 292 g/mol. The maximum absolute atomic E-state index is 10.3. The van der Waals surface area contributed by atoms with E-state index < -0.39 is 24.0 Å². The fourth-order valence-electron chi connectivity index (χ4n) is 0.385. The smallest absolute Gasteiger partial charge is 0.321 e. The molecule has 8 heteroatoms. The molecule has 0 rings (SSSR count). The normalized spacial score (nSPS) is 11.7. The Morgan fingerprint density at radius 1 is 0.889 bits per heavy atom. The van der Waals surface area contributed by atoms with E-state index in [1.54, 1.807) is 0 Å². The molecule has 6 nitrogen and oxygen atoms in total. The summed E-state index contributed by atoms with van der Waals surface area (Å²) in [6.45, 7) is 0. The lowest BCUT2D eigenvalue weighted by molar-refractivity contribution is -0.138. The average Bonchev–Trinajstić information content (AvgIpc) is 2.38. The van der Waals surface area contributed by atoms with Crippen LogP contribution in [0.4, 0.5) is 0 Å². The Kier molecular flexibility index (Phi) is 19.1. The minimum atomic E-state index is -1.07. The highest BCUT2D eigenvalue weighted by molar-refractivity contribution is 8.76. The number of hydrogen-bond donors (Lipinski definition) is 4. The van der Waals surface area contributed by atoms with Crippen molar-refractivity contribution in [2.45, 2.75) is 12.1 Å². The van der Waals surface area contributed by atoms with Crippen LogP contribution in [-0.2, 0) is 9.59 Å². The molecule has 0 aromatic carbocycles. The number of terminal acetylenes is 2. The first-order chi connectivity index (χ1) is 8.45. The summed E-state index contributed by atoms with van der Waals surface area (Å²) in [4.78, 5) is 20.5. The van der Waals surface area contributed by atoms with Crippen LogP contribution in [0.25, 0.3) is 0 Å². The molecule has 0 saturated heterocycles. The minimum Gasteiger partial charge on any atom is -0.480 e. The van der Waals surface area contributed by atoms with Crippen LogP contribution in [-0.4, -0.2) is 45.7 Å². The highest BCUT2D eigenvalue weighted by atomic mass is 33.1. The van der Waals surface area contributed by atoms with Gasteiger partial charge in [0.15, 0.2) is 0 Å². The number of carbonyl (C=O) groups is 2. The molecule has 0 fully saturated rings. The van der Waals surface area contributed by atoms with E-state index in [0.717, 1.165) is 0 Å². The third kappa shape index (κ3) is 14.7. The molecule has 2 unspecified atom stereocenters. The molecular weight excluding hydrogens is 276 g/mol. The summed E-state index contributed by atoms with van der Waals surface area (Å²) < 4.78 is 0. The molecule has 102 valence electrons. The molecule has 0 bridgehead atoms. The molecule has 0 aromatic heterocycles. The first kappa shape index (κ1) is 21.9. The summed E-state index contributed by atoms with van der Waals surface area (Å²) in [5.74, 6) is -1.68. The van der Waals surface area contributed by atoms with Crippen molar-refractivity contribution in [3.8, 4) is 25.7 Å². The Balaban J connectivity index is -0.000000506. The van der Waals surface area contributed by atoms with Crippen molar-refractivity contribution < 1.29 is 19.8 Å². The van der Waals surface area contributed by atoms with Crippen LogP contribution in [0.3, 0.4) is 0 Å². The van der Waals surface area contributed by atoms with Gasteiger partial charge in [0.1, 0.15) is 12.1 Å². The van der Waals surface area contributed by atoms with Gasteiger partial charge in [-0.2, -0.15) is 0 Å². The summed E-state index contributed by atoms with van der Waals surface area (Å²) in [5, 5.41) is 16.8. The van der Waals surface area contributed by atoms with E-state index in [2.05, 4.69) is 25.7 Å². The fourth-order valence-corrected chi connectivity index (χ4v) is 2.61. The predicted octanol–water partition coefficient (Wildman–Crippen LogP) is -0.310. The molecule has 0 aromatic rings. The van der Waals surface area contributed by atoms with Crippen LogP contribution in [0, 0.1) is 25.7 Å². The van der Waals surface area contributed by atoms with Crippen LogP contribution in [0.5, 0.6) is 0 Å². The highest BCUT2D eigenvalue weighted by Crippen LogP contribution is 2.22. The number of rotatable bonds is 7. The van der Waals surface area contributed by atoms with Crippen molar-refractivity contribution >= 4 is 33.5 Å². The molecule has 0 aliphatic heterocycles. The topological polar surface area (TPSA) is 127 Å². The SMILES string of the molecule is C#C.C#C.NC(CSSCC(N)C(=O)O)C(=O)O. The first-order valence-corrected chi connectivity index (χ1v) is 6.81. The number of carboxylic acid groups (broad SMARTS) is 2. The second kappa shape index (κ2) is 15.7. The first-order valence-electron chi connectivity index (χ1n) is 4.33. The van der Waals surface area contributed by atoms with Crippen molar-refractivity contribution in [2.24, 2.45) is 11.5 Å². The van der Waals surface area contributed by atoms with E-state index in [9.17, 15) is 9.59 Å². The Labute approximate surface area is 114 Å². The van der Waals surface area contributed by atoms with Gasteiger partial charge in [-0.25, -0.2) is 0 Å². The van der Waals surface area contributed by atoms with Crippen molar-refractivity contribution in [2.75, 3.05) is 11.5 Å². The molecular formula is C10H16N2O4S2. The van der Waals surface area contributed by atoms with Crippen LogP contribution in [0.1, 0.15) is 0 Å². The van der Waals surface area contributed by atoms with Gasteiger partial charge >= 0.3 is 11.9 Å². The van der Waals surface area contributed by atoms with E-state index in [4.69, 9.17) is 21.7 Å². The molecule has 0 heterocycles. The summed E-state index contributed by atoms with van der Waals surface area (Å²) in [6, 6.07) is -1.85. The van der Waals surface area contributed by atoms with E-state index in [0.29, 0.717) is 0 Å². The van der Waals surface area contributed by atoms with Gasteiger partial charge in [-0.3, -0.25) is 9.59 Å². The zero-order valence-corrected chi connectivity index (χ0v) is 11.2. The third-order valence-electron chi connectivity index (χ3n) is 1.21. The quantitative estimate of drug-likeness (QED) is 0.286. The number of carboxylic acids is 2. The molecule has 0 radical (unpaired) electrons. The molecule has 0 amide bonds. The molecule has 6 N–H and O–H groups in total. The van der Waals surface area contributed by atoms with Crippen LogP contribution in [0.2, 0.25) is 0 Å². The Morgan fingerprint density at radius 3 is 1.28 bits per heavy atom. The lowest BCUT2D eigenvalue weighted by atomic mass is 10.4. The lowest BCUT2D eigenvalue weighted by Gasteiger charge is -2.07. The summed E-state index contributed by atoms with van der Waals surface area (Å²) in [6.07, 6.45) is 16.0. The van der Waals surface area contributed by atoms with E-state index in [-0.39, 0.29) is 11.5 Å². The van der Waals surface area contributed by atoms with E-state index >= 15 is 0 Å². The standard InChI is InChI=1S/C6H12N2O4S2.2C2H2/c7-3(5(9)10)1-13-14-2-4(8)6(11)12;2*1-2/h3-4H,1-2,7-8H2,(H,9,10)(H,11,12);2*1-2H. The number of hydrogen-bond acceptors (Lipinski definition) is 6. The molecule has 2 atom stereocenters. The van der Waals surface area contributed by atoms with Crippen molar-refractivity contribution in [1.82, 2.24) is 0 Å². The zero-order chi connectivity index (χ0) is 15.1. The minimum absolute atomic E-state index is 0.229. The Bertz CT molecular complexity index is 254. The van der Waals surface area contributed by atoms with Gasteiger partial charge in [0.2, 0.25) is 0 Å². The second-order valence-corrected chi connectivity index (χ2v) is 5.01. The van der Waals surface area contributed by atoms with Crippen LogP contribution in [0.15, 0.2) is 0 Å². The fraction of sp³-hybridized carbons (Fsp3) is 0.400. The molecule has 0 aliphatic carbocycles. The van der Waals surface area contributed by atoms with Crippen molar-refractivity contribution in [1.29, 1.82) is 0 Å². The molecule has 0 saturated carbocycles. The maximum atomic E-state index is 10.3. The van der Waals surface area contributed by atoms with Crippen LogP contribution >= 0.6 is 21.6 Å². The van der Waals surface area contributed by atoms with Gasteiger partial charge < -0.3 is 21.7 Å². The van der Waals surface area contributed by atoms with Gasteiger partial charge in [0.25, 0.3) is 0 Å². The number of nitrogens with two attached hydrogens (primary N) is 2. The van der Waals surface area contributed by atoms with Crippen molar-refractivity contribution in [3.63, 3.8) is 0 Å². The van der Waals surface area contributed by atoms with E-state index in [1.807, 2.05) is 0 Å². The van der Waals surface area contributed by atoms with Gasteiger partial charge in [0, 0.05) is 11.5 Å². The summed E-state index contributed by atoms with van der Waals surface area (Å²) >= 11 is 0. The van der Waals surface area contributed by atoms with Crippen LogP contribution < -0.4 is 11.5 Å². The molecule has 0 spiro atoms. The third-order valence-corrected chi connectivity index (χ3v) is 3.69. The van der Waals surface area contributed by atoms with Gasteiger partial charge in [-0.05, 0) is 0 Å².